The van der Waals surface area contributed by atoms with Crippen LogP contribution in [-0.4, -0.2) is 38.8 Å². The summed E-state index contributed by atoms with van der Waals surface area (Å²) < 4.78 is 8.00. The molecule has 1 atom stereocenters. The predicted molar refractivity (Wildman–Crippen MR) is 131 cm³/mol. The van der Waals surface area contributed by atoms with Gasteiger partial charge in [0.25, 0.3) is 0 Å². The fraction of sp³-hybridized carbons (Fsp3) is 0.375. The van der Waals surface area contributed by atoms with Gasteiger partial charge in [-0.15, -0.1) is 0 Å². The lowest BCUT2D eigenvalue weighted by Gasteiger charge is -2.28. The Morgan fingerprint density at radius 2 is 2.06 bits per heavy atom. The number of rotatable bonds is 5. The first-order valence-electron chi connectivity index (χ1n) is 11.1. The van der Waals surface area contributed by atoms with Gasteiger partial charge in [0.15, 0.2) is 5.65 Å². The highest BCUT2D eigenvalue weighted by Gasteiger charge is 2.24. The Balaban J connectivity index is 1.59. The van der Waals surface area contributed by atoms with E-state index in [1.54, 1.807) is 4.52 Å². The fourth-order valence-electron chi connectivity index (χ4n) is 4.38. The fourth-order valence-corrected chi connectivity index (χ4v) is 4.92. The SMILES string of the molecule is CCC(NC1CCOCC1)c1nc2c(-c3cnc4ccc(C)cc4c3)cnn2c(N)c1Br. The van der Waals surface area contributed by atoms with Gasteiger partial charge in [0.05, 0.1) is 27.9 Å². The molecule has 3 N–H and O–H groups in total. The molecule has 32 heavy (non-hydrogen) atoms. The Bertz CT molecular complexity index is 1280. The molecular weight excluding hydrogens is 468 g/mol. The third-order valence-corrected chi connectivity index (χ3v) is 7.00. The Labute approximate surface area is 195 Å². The number of nitrogen functional groups attached to an aromatic ring is 1. The van der Waals surface area contributed by atoms with Crippen LogP contribution in [0.1, 0.15) is 43.5 Å². The van der Waals surface area contributed by atoms with E-state index >= 15 is 0 Å². The van der Waals surface area contributed by atoms with E-state index in [2.05, 4.69) is 63.4 Å². The summed E-state index contributed by atoms with van der Waals surface area (Å²) in [4.78, 5) is 9.70. The summed E-state index contributed by atoms with van der Waals surface area (Å²) in [7, 11) is 0. The van der Waals surface area contributed by atoms with Gasteiger partial charge < -0.3 is 15.8 Å². The Morgan fingerprint density at radius 1 is 1.25 bits per heavy atom. The monoisotopic (exact) mass is 494 g/mol. The van der Waals surface area contributed by atoms with Crippen LogP contribution in [0.25, 0.3) is 27.7 Å². The number of nitrogens with zero attached hydrogens (tertiary/aromatic N) is 4. The van der Waals surface area contributed by atoms with Crippen LogP contribution >= 0.6 is 15.9 Å². The van der Waals surface area contributed by atoms with Gasteiger partial charge in [0, 0.05) is 42.0 Å². The zero-order chi connectivity index (χ0) is 22.2. The molecule has 0 radical (unpaired) electrons. The van der Waals surface area contributed by atoms with Gasteiger partial charge in [0.1, 0.15) is 5.82 Å². The maximum Gasteiger partial charge on any atom is 0.165 e. The van der Waals surface area contributed by atoms with Crippen molar-refractivity contribution in [2.75, 3.05) is 18.9 Å². The van der Waals surface area contributed by atoms with Crippen LogP contribution < -0.4 is 11.1 Å². The Hall–Kier alpha value is -2.55. The van der Waals surface area contributed by atoms with E-state index in [4.69, 9.17) is 15.5 Å². The number of pyridine rings is 1. The average Bonchev–Trinajstić information content (AvgIpc) is 3.24. The second-order valence-electron chi connectivity index (χ2n) is 8.42. The Morgan fingerprint density at radius 3 is 2.84 bits per heavy atom. The quantitative estimate of drug-likeness (QED) is 0.413. The number of aromatic nitrogens is 4. The molecule has 1 aliphatic rings. The van der Waals surface area contributed by atoms with Crippen LogP contribution in [0, 0.1) is 6.92 Å². The maximum atomic E-state index is 6.50. The van der Waals surface area contributed by atoms with E-state index in [-0.39, 0.29) is 6.04 Å². The molecule has 1 fully saturated rings. The van der Waals surface area contributed by atoms with E-state index in [9.17, 15) is 0 Å². The van der Waals surface area contributed by atoms with Gasteiger partial charge in [-0.2, -0.15) is 9.61 Å². The molecule has 0 bridgehead atoms. The van der Waals surface area contributed by atoms with Crippen LogP contribution in [0.5, 0.6) is 0 Å². The average molecular weight is 495 g/mol. The molecule has 1 aromatic carbocycles. The minimum atomic E-state index is 0.0832. The number of hydrogen-bond acceptors (Lipinski definition) is 6. The summed E-state index contributed by atoms with van der Waals surface area (Å²) in [6.07, 6.45) is 6.61. The standard InChI is InChI=1S/C24H27BrN6O/c1-3-19(29-17-6-8-32-9-7-17)22-21(25)23(26)31-24(30-22)18(13-28-31)16-11-15-10-14(2)4-5-20(15)27-12-16/h4-5,10-13,17,19,29H,3,6-9,26H2,1-2H3. The molecular formula is C24H27BrN6O. The summed E-state index contributed by atoms with van der Waals surface area (Å²) >= 11 is 3.69. The smallest absolute Gasteiger partial charge is 0.165 e. The molecule has 0 spiro atoms. The predicted octanol–water partition coefficient (Wildman–Crippen LogP) is 4.82. The van der Waals surface area contributed by atoms with Gasteiger partial charge in [-0.05, 0) is 60.3 Å². The molecule has 0 amide bonds. The number of fused-ring (bicyclic) bond motifs is 2. The van der Waals surface area contributed by atoms with Crippen molar-refractivity contribution in [1.82, 2.24) is 24.9 Å². The van der Waals surface area contributed by atoms with Crippen molar-refractivity contribution in [3.63, 3.8) is 0 Å². The van der Waals surface area contributed by atoms with E-state index in [0.29, 0.717) is 11.9 Å². The van der Waals surface area contributed by atoms with Crippen LogP contribution in [0.4, 0.5) is 5.82 Å². The molecule has 8 heteroatoms. The summed E-state index contributed by atoms with van der Waals surface area (Å²) in [6.45, 7) is 5.85. The molecule has 1 saturated heterocycles. The topological polar surface area (TPSA) is 90.4 Å². The van der Waals surface area contributed by atoms with E-state index in [1.807, 2.05) is 18.5 Å². The summed E-state index contributed by atoms with van der Waals surface area (Å²) in [5, 5.41) is 9.39. The van der Waals surface area contributed by atoms with Crippen molar-refractivity contribution in [3.05, 3.63) is 52.4 Å². The molecule has 1 unspecified atom stereocenters. The molecule has 0 saturated carbocycles. The zero-order valence-electron chi connectivity index (χ0n) is 18.3. The van der Waals surface area contributed by atoms with Crippen LogP contribution in [0.15, 0.2) is 41.1 Å². The number of hydrogen-bond donors (Lipinski definition) is 2. The Kier molecular flexibility index (Phi) is 5.84. The zero-order valence-corrected chi connectivity index (χ0v) is 19.9. The number of nitrogens with two attached hydrogens (primary N) is 1. The van der Waals surface area contributed by atoms with Crippen molar-refractivity contribution in [3.8, 4) is 11.1 Å². The van der Waals surface area contributed by atoms with E-state index in [1.165, 1.54) is 5.56 Å². The summed E-state index contributed by atoms with van der Waals surface area (Å²) in [5.41, 5.74) is 12.2. The maximum absolute atomic E-state index is 6.50. The first kappa shape index (κ1) is 21.3. The summed E-state index contributed by atoms with van der Waals surface area (Å²) in [6, 6.07) is 8.91. The number of ether oxygens (including phenoxy) is 1. The second-order valence-corrected chi connectivity index (χ2v) is 9.22. The van der Waals surface area contributed by atoms with Gasteiger partial charge in [-0.1, -0.05) is 18.6 Å². The van der Waals surface area contributed by atoms with E-state index < -0.39 is 0 Å². The van der Waals surface area contributed by atoms with Crippen LogP contribution in [-0.2, 0) is 4.74 Å². The summed E-state index contributed by atoms with van der Waals surface area (Å²) in [5.74, 6) is 0.549. The van der Waals surface area contributed by atoms with Crippen LogP contribution in [0.3, 0.4) is 0 Å². The van der Waals surface area contributed by atoms with Gasteiger partial charge in [0.2, 0.25) is 0 Å². The van der Waals surface area contributed by atoms with Crippen molar-refractivity contribution < 1.29 is 4.74 Å². The number of benzene rings is 1. The van der Waals surface area contributed by atoms with Crippen molar-refractivity contribution in [1.29, 1.82) is 0 Å². The largest absolute Gasteiger partial charge is 0.383 e. The van der Waals surface area contributed by atoms with Crippen molar-refractivity contribution >= 4 is 38.3 Å². The first-order chi connectivity index (χ1) is 15.5. The van der Waals surface area contributed by atoms with Crippen molar-refractivity contribution in [2.45, 2.75) is 45.2 Å². The number of nitrogens with one attached hydrogen (secondary N) is 1. The molecule has 7 nitrogen and oxygen atoms in total. The molecule has 5 rings (SSSR count). The minimum absolute atomic E-state index is 0.0832. The third kappa shape index (κ3) is 3.87. The molecule has 166 valence electrons. The van der Waals surface area contributed by atoms with Gasteiger partial charge in [-0.3, -0.25) is 4.98 Å². The molecule has 1 aliphatic heterocycles. The molecule has 3 aromatic heterocycles. The number of halogens is 1. The lowest BCUT2D eigenvalue weighted by atomic mass is 10.0. The van der Waals surface area contributed by atoms with E-state index in [0.717, 1.165) is 70.3 Å². The third-order valence-electron chi connectivity index (χ3n) is 6.19. The first-order valence-corrected chi connectivity index (χ1v) is 11.9. The normalized spacial score (nSPS) is 16.1. The van der Waals surface area contributed by atoms with Crippen molar-refractivity contribution in [2.24, 2.45) is 0 Å². The highest BCUT2D eigenvalue weighted by atomic mass is 79.9. The lowest BCUT2D eigenvalue weighted by Crippen LogP contribution is -2.37. The van der Waals surface area contributed by atoms with Gasteiger partial charge >= 0.3 is 0 Å². The van der Waals surface area contributed by atoms with Crippen LogP contribution in [0.2, 0.25) is 0 Å². The second kappa shape index (κ2) is 8.77. The molecule has 4 heterocycles. The lowest BCUT2D eigenvalue weighted by molar-refractivity contribution is 0.0745. The highest BCUT2D eigenvalue weighted by Crippen LogP contribution is 2.34. The highest BCUT2D eigenvalue weighted by molar-refractivity contribution is 9.10. The molecule has 4 aromatic rings. The minimum Gasteiger partial charge on any atom is -0.383 e. The van der Waals surface area contributed by atoms with Gasteiger partial charge in [-0.25, -0.2) is 4.98 Å². The number of aryl methyl sites for hydroxylation is 1. The number of anilines is 1. The molecule has 0 aliphatic carbocycles.